The van der Waals surface area contributed by atoms with E-state index in [1.54, 1.807) is 60.7 Å². The van der Waals surface area contributed by atoms with Crippen LogP contribution in [-0.2, 0) is 26.6 Å². The first-order valence-electron chi connectivity index (χ1n) is 8.37. The van der Waals surface area contributed by atoms with E-state index in [2.05, 4.69) is 0 Å². The summed E-state index contributed by atoms with van der Waals surface area (Å²) in [5.41, 5.74) is 0.434. The second-order valence-electron chi connectivity index (χ2n) is 5.88. The number of rotatable bonds is 7. The van der Waals surface area contributed by atoms with Crippen LogP contribution in [0.2, 0.25) is 0 Å². The van der Waals surface area contributed by atoms with Gasteiger partial charge in [0, 0.05) is 5.56 Å². The lowest BCUT2D eigenvalue weighted by atomic mass is 10.2. The van der Waals surface area contributed by atoms with Gasteiger partial charge in [-0.25, -0.2) is 16.8 Å². The first-order chi connectivity index (χ1) is 13.4. The van der Waals surface area contributed by atoms with Crippen LogP contribution in [-0.4, -0.2) is 27.7 Å². The van der Waals surface area contributed by atoms with Gasteiger partial charge in [0.05, 0.1) is 23.4 Å². The summed E-state index contributed by atoms with van der Waals surface area (Å²) in [7, 11) is -7.24. The molecule has 0 N–H and O–H groups in total. The van der Waals surface area contributed by atoms with E-state index in [1.807, 2.05) is 0 Å². The molecule has 3 aromatic rings. The largest absolute Gasteiger partial charge is 0.496 e. The average molecular weight is 418 g/mol. The Labute approximate surface area is 165 Å². The summed E-state index contributed by atoms with van der Waals surface area (Å²) in [6.45, 7) is -0.390. The van der Waals surface area contributed by atoms with Crippen LogP contribution in [0, 0.1) is 0 Å². The number of hydrogen-bond donors (Lipinski definition) is 0. The Bertz CT molecular complexity index is 1080. The number of hydrogen-bond acceptors (Lipinski definition) is 5. The Balaban J connectivity index is 2.17. The predicted molar refractivity (Wildman–Crippen MR) is 106 cm³/mol. The lowest BCUT2D eigenvalue weighted by Gasteiger charge is -2.23. The van der Waals surface area contributed by atoms with Crippen molar-refractivity contribution >= 4 is 20.0 Å². The van der Waals surface area contributed by atoms with Gasteiger partial charge in [-0.1, -0.05) is 58.3 Å². The number of sulfonamides is 2. The molecule has 0 amide bonds. The van der Waals surface area contributed by atoms with Crippen LogP contribution in [0.25, 0.3) is 0 Å². The van der Waals surface area contributed by atoms with E-state index in [0.717, 1.165) is 0 Å². The summed E-state index contributed by atoms with van der Waals surface area (Å²) >= 11 is 0. The van der Waals surface area contributed by atoms with Gasteiger partial charge >= 0.3 is 0 Å². The molecule has 0 aromatic heterocycles. The molecule has 0 heterocycles. The van der Waals surface area contributed by atoms with Crippen LogP contribution in [0.3, 0.4) is 0 Å². The molecule has 8 heteroatoms. The monoisotopic (exact) mass is 417 g/mol. The van der Waals surface area contributed by atoms with Gasteiger partial charge in [-0.15, -0.1) is 0 Å². The molecule has 0 saturated carbocycles. The summed E-state index contributed by atoms with van der Waals surface area (Å²) in [5, 5.41) is 0. The first-order valence-corrected chi connectivity index (χ1v) is 11.3. The smallest absolute Gasteiger partial charge is 0.256 e. The quantitative estimate of drug-likeness (QED) is 0.589. The van der Waals surface area contributed by atoms with Crippen molar-refractivity contribution in [1.82, 2.24) is 3.71 Å². The molecule has 3 aromatic carbocycles. The molecule has 146 valence electrons. The van der Waals surface area contributed by atoms with Gasteiger partial charge in [0.1, 0.15) is 5.75 Å². The number of benzene rings is 3. The minimum atomic E-state index is -4.34. The highest BCUT2D eigenvalue weighted by Gasteiger charge is 2.37. The maximum absolute atomic E-state index is 13.3. The van der Waals surface area contributed by atoms with Crippen LogP contribution >= 0.6 is 0 Å². The molecule has 6 nitrogen and oxygen atoms in total. The fourth-order valence-corrected chi connectivity index (χ4v) is 6.33. The molecular weight excluding hydrogens is 398 g/mol. The molecular formula is C20H19NO5S2. The summed E-state index contributed by atoms with van der Waals surface area (Å²) in [5.74, 6) is 0.402. The second kappa shape index (κ2) is 8.14. The van der Waals surface area contributed by atoms with Crippen molar-refractivity contribution in [3.05, 3.63) is 90.5 Å². The van der Waals surface area contributed by atoms with E-state index in [0.29, 0.717) is 15.0 Å². The van der Waals surface area contributed by atoms with Gasteiger partial charge in [0.15, 0.2) is 0 Å². The van der Waals surface area contributed by atoms with Crippen molar-refractivity contribution in [2.45, 2.75) is 16.3 Å². The molecule has 0 aliphatic rings. The SMILES string of the molecule is COc1ccccc1CN(S(=O)(=O)c1ccccc1)S(=O)(=O)c1ccccc1. The van der Waals surface area contributed by atoms with E-state index < -0.39 is 26.6 Å². The zero-order valence-corrected chi connectivity index (χ0v) is 16.7. The molecule has 0 bridgehead atoms. The van der Waals surface area contributed by atoms with Gasteiger partial charge in [0.25, 0.3) is 20.0 Å². The molecule has 0 saturated heterocycles. The molecule has 0 aliphatic carbocycles. The van der Waals surface area contributed by atoms with E-state index in [4.69, 9.17) is 4.74 Å². The molecule has 3 rings (SSSR count). The highest BCUT2D eigenvalue weighted by Crippen LogP contribution is 2.29. The van der Waals surface area contributed by atoms with Crippen molar-refractivity contribution in [3.8, 4) is 5.75 Å². The van der Waals surface area contributed by atoms with E-state index in [-0.39, 0.29) is 9.79 Å². The fraction of sp³-hybridized carbons (Fsp3) is 0.100. The van der Waals surface area contributed by atoms with E-state index in [1.165, 1.54) is 31.4 Å². The van der Waals surface area contributed by atoms with Gasteiger partial charge in [0.2, 0.25) is 0 Å². The maximum atomic E-state index is 13.3. The maximum Gasteiger partial charge on any atom is 0.256 e. The van der Waals surface area contributed by atoms with Crippen molar-refractivity contribution in [3.63, 3.8) is 0 Å². The van der Waals surface area contributed by atoms with Gasteiger partial charge in [-0.05, 0) is 30.3 Å². The number of ether oxygens (including phenoxy) is 1. The highest BCUT2D eigenvalue weighted by molar-refractivity contribution is 8.04. The van der Waals surface area contributed by atoms with Crippen molar-refractivity contribution in [2.75, 3.05) is 7.11 Å². The molecule has 28 heavy (non-hydrogen) atoms. The van der Waals surface area contributed by atoms with E-state index in [9.17, 15) is 16.8 Å². The zero-order valence-electron chi connectivity index (χ0n) is 15.1. The third-order valence-corrected chi connectivity index (χ3v) is 8.35. The van der Waals surface area contributed by atoms with Crippen LogP contribution in [0.15, 0.2) is 94.7 Å². The average Bonchev–Trinajstić information content (AvgIpc) is 2.73. The standard InChI is InChI=1S/C20H19NO5S2/c1-26-20-15-9-8-10-17(20)16-21(27(22,23)18-11-4-2-5-12-18)28(24,25)19-13-6-3-7-14-19/h2-15H,16H2,1H3. The Morgan fingerprint density at radius 1 is 0.679 bits per heavy atom. The van der Waals surface area contributed by atoms with Gasteiger partial charge in [-0.2, -0.15) is 0 Å². The third kappa shape index (κ3) is 3.94. The molecule has 0 unspecified atom stereocenters. The Hall–Kier alpha value is -2.68. The minimum Gasteiger partial charge on any atom is -0.496 e. The topological polar surface area (TPSA) is 80.8 Å². The van der Waals surface area contributed by atoms with Gasteiger partial charge < -0.3 is 4.74 Å². The second-order valence-corrected chi connectivity index (χ2v) is 9.83. The van der Waals surface area contributed by atoms with Crippen LogP contribution in [0.4, 0.5) is 0 Å². The molecule has 0 spiro atoms. The highest BCUT2D eigenvalue weighted by atomic mass is 32.3. The third-order valence-electron chi connectivity index (χ3n) is 4.11. The fourth-order valence-electron chi connectivity index (χ4n) is 2.69. The van der Waals surface area contributed by atoms with Crippen LogP contribution in [0.1, 0.15) is 5.56 Å². The van der Waals surface area contributed by atoms with E-state index >= 15 is 0 Å². The Morgan fingerprint density at radius 2 is 1.11 bits per heavy atom. The molecule has 0 atom stereocenters. The summed E-state index contributed by atoms with van der Waals surface area (Å²) in [6.07, 6.45) is 0. The summed E-state index contributed by atoms with van der Waals surface area (Å²) in [6, 6.07) is 21.7. The minimum absolute atomic E-state index is 0.107. The predicted octanol–water partition coefficient (Wildman–Crippen LogP) is 3.28. The summed E-state index contributed by atoms with van der Waals surface area (Å²) < 4.78 is 58.8. The zero-order chi connectivity index (χ0) is 20.2. The lowest BCUT2D eigenvalue weighted by Crippen LogP contribution is -2.36. The molecule has 0 radical (unpaired) electrons. The Morgan fingerprint density at radius 3 is 1.57 bits per heavy atom. The number of methoxy groups -OCH3 is 1. The molecule has 0 fully saturated rings. The van der Waals surface area contributed by atoms with Crippen molar-refractivity contribution in [1.29, 1.82) is 0 Å². The normalized spacial score (nSPS) is 12.1. The van der Waals surface area contributed by atoms with Crippen molar-refractivity contribution < 1.29 is 21.6 Å². The molecule has 0 aliphatic heterocycles. The van der Waals surface area contributed by atoms with Crippen molar-refractivity contribution in [2.24, 2.45) is 0 Å². The summed E-state index contributed by atoms with van der Waals surface area (Å²) in [4.78, 5) is -0.214. The van der Waals surface area contributed by atoms with Crippen LogP contribution < -0.4 is 4.74 Å². The lowest BCUT2D eigenvalue weighted by molar-refractivity contribution is 0.404. The van der Waals surface area contributed by atoms with Crippen LogP contribution in [0.5, 0.6) is 5.75 Å². The van der Waals surface area contributed by atoms with Gasteiger partial charge in [-0.3, -0.25) is 0 Å². The number of para-hydroxylation sites is 1. The Kier molecular flexibility index (Phi) is 5.83. The first kappa shape index (κ1) is 20.1. The number of nitrogens with zero attached hydrogens (tertiary/aromatic N) is 1.